The first kappa shape index (κ1) is 20.1. The summed E-state index contributed by atoms with van der Waals surface area (Å²) in [7, 11) is -4.58. The maximum Gasteiger partial charge on any atom is 0.469 e. The van der Waals surface area contributed by atoms with Gasteiger partial charge in [0, 0.05) is 0 Å². The van der Waals surface area contributed by atoms with E-state index < -0.39 is 19.5 Å². The summed E-state index contributed by atoms with van der Waals surface area (Å²) in [4.78, 5) is 18.2. The van der Waals surface area contributed by atoms with E-state index >= 15 is 0 Å². The highest BCUT2D eigenvalue weighted by Gasteiger charge is 2.39. The third-order valence-corrected chi connectivity index (χ3v) is 4.14. The van der Waals surface area contributed by atoms with Gasteiger partial charge in [0.25, 0.3) is 0 Å². The van der Waals surface area contributed by atoms with Crippen LogP contribution in [0.4, 0.5) is 0 Å². The Morgan fingerprint density at radius 2 is 1.45 bits per heavy atom. The van der Waals surface area contributed by atoms with E-state index in [1.807, 2.05) is 20.8 Å². The van der Waals surface area contributed by atoms with Gasteiger partial charge in [-0.1, -0.05) is 59.3 Å². The number of aliphatic hydroxyl groups is 1. The Morgan fingerprint density at radius 3 is 1.80 bits per heavy atom. The predicted molar refractivity (Wildman–Crippen MR) is 80.4 cm³/mol. The first-order valence-electron chi connectivity index (χ1n) is 7.75. The van der Waals surface area contributed by atoms with E-state index in [0.717, 1.165) is 38.5 Å². The van der Waals surface area contributed by atoms with Gasteiger partial charge in [0.05, 0.1) is 11.7 Å². The quantitative estimate of drug-likeness (QED) is 0.478. The molecule has 3 N–H and O–H groups in total. The van der Waals surface area contributed by atoms with Gasteiger partial charge in [-0.3, -0.25) is 4.52 Å². The number of hydrogen-bond donors (Lipinski definition) is 3. The van der Waals surface area contributed by atoms with Gasteiger partial charge in [0.2, 0.25) is 0 Å². The van der Waals surface area contributed by atoms with Gasteiger partial charge in [0.1, 0.15) is 0 Å². The van der Waals surface area contributed by atoms with Gasteiger partial charge < -0.3 is 14.9 Å². The SMILES string of the molecule is CCCCC(OP(=O)(O)O)C(O)(CCCC)CCCC. The fourth-order valence-electron chi connectivity index (χ4n) is 2.39. The van der Waals surface area contributed by atoms with Gasteiger partial charge >= 0.3 is 7.82 Å². The zero-order valence-electron chi connectivity index (χ0n) is 13.0. The zero-order valence-corrected chi connectivity index (χ0v) is 13.9. The summed E-state index contributed by atoms with van der Waals surface area (Å²) in [5.74, 6) is 0. The lowest BCUT2D eigenvalue weighted by Crippen LogP contribution is -2.43. The normalized spacial score (nSPS) is 14.5. The second-order valence-electron chi connectivity index (χ2n) is 5.54. The van der Waals surface area contributed by atoms with Crippen molar-refractivity contribution >= 4 is 7.82 Å². The highest BCUT2D eigenvalue weighted by Crippen LogP contribution is 2.43. The number of phosphoric acid groups is 1. The molecule has 122 valence electrons. The molecule has 1 unspecified atom stereocenters. The van der Waals surface area contributed by atoms with Gasteiger partial charge in [0.15, 0.2) is 0 Å². The molecule has 0 amide bonds. The van der Waals surface area contributed by atoms with Crippen molar-refractivity contribution in [3.05, 3.63) is 0 Å². The second kappa shape index (κ2) is 9.91. The number of rotatable bonds is 12. The maximum absolute atomic E-state index is 11.2. The molecule has 0 aromatic heterocycles. The lowest BCUT2D eigenvalue weighted by atomic mass is 9.83. The van der Waals surface area contributed by atoms with Crippen molar-refractivity contribution in [1.29, 1.82) is 0 Å². The van der Waals surface area contributed by atoms with Crippen LogP contribution in [0.3, 0.4) is 0 Å². The molecule has 0 heterocycles. The summed E-state index contributed by atoms with van der Waals surface area (Å²) in [6.45, 7) is 6.07. The molecule has 20 heavy (non-hydrogen) atoms. The highest BCUT2D eigenvalue weighted by molar-refractivity contribution is 7.46. The molecular weight excluding hydrogens is 279 g/mol. The molecule has 0 radical (unpaired) electrons. The van der Waals surface area contributed by atoms with Crippen molar-refractivity contribution in [2.24, 2.45) is 0 Å². The minimum Gasteiger partial charge on any atom is -0.387 e. The molecule has 0 aromatic rings. The fraction of sp³-hybridized carbons (Fsp3) is 1.00. The van der Waals surface area contributed by atoms with Crippen LogP contribution in [0.5, 0.6) is 0 Å². The van der Waals surface area contributed by atoms with Crippen molar-refractivity contribution in [2.75, 3.05) is 0 Å². The van der Waals surface area contributed by atoms with E-state index in [4.69, 9.17) is 14.3 Å². The van der Waals surface area contributed by atoms with Crippen LogP contribution in [-0.4, -0.2) is 26.6 Å². The van der Waals surface area contributed by atoms with Crippen LogP contribution in [0, 0.1) is 0 Å². The molecular formula is C14H31O5P. The summed E-state index contributed by atoms with van der Waals surface area (Å²) in [6, 6.07) is 0. The van der Waals surface area contributed by atoms with Crippen LogP contribution < -0.4 is 0 Å². The van der Waals surface area contributed by atoms with Gasteiger partial charge in [-0.25, -0.2) is 4.57 Å². The molecule has 0 aliphatic carbocycles. The van der Waals surface area contributed by atoms with Crippen molar-refractivity contribution in [3.8, 4) is 0 Å². The first-order chi connectivity index (χ1) is 9.29. The molecule has 0 aliphatic heterocycles. The van der Waals surface area contributed by atoms with Crippen LogP contribution in [0.1, 0.15) is 78.6 Å². The molecule has 0 rings (SSSR count). The van der Waals surface area contributed by atoms with Crippen LogP contribution in [0.2, 0.25) is 0 Å². The van der Waals surface area contributed by atoms with E-state index in [0.29, 0.717) is 19.3 Å². The Morgan fingerprint density at radius 1 is 1.00 bits per heavy atom. The number of unbranched alkanes of at least 4 members (excludes halogenated alkanes) is 3. The highest BCUT2D eigenvalue weighted by atomic mass is 31.2. The molecule has 0 saturated carbocycles. The van der Waals surface area contributed by atoms with Gasteiger partial charge in [-0.2, -0.15) is 0 Å². The summed E-state index contributed by atoms with van der Waals surface area (Å²) in [5.41, 5.74) is -1.14. The Labute approximate surface area is 123 Å². The third-order valence-electron chi connectivity index (χ3n) is 3.61. The van der Waals surface area contributed by atoms with E-state index in [1.54, 1.807) is 0 Å². The standard InChI is InChI=1S/C14H31O5P/c1-4-7-10-13(19-20(16,17)18)14(15,11-8-5-2)12-9-6-3/h13,15H,4-12H2,1-3H3,(H2,16,17,18). The molecule has 0 spiro atoms. The lowest BCUT2D eigenvalue weighted by molar-refractivity contribution is -0.0877. The van der Waals surface area contributed by atoms with E-state index in [-0.39, 0.29) is 0 Å². The van der Waals surface area contributed by atoms with Crippen LogP contribution >= 0.6 is 7.82 Å². The average Bonchev–Trinajstić information content (AvgIpc) is 2.37. The minimum absolute atomic E-state index is 0.478. The van der Waals surface area contributed by atoms with E-state index in [2.05, 4.69) is 0 Å². The monoisotopic (exact) mass is 310 g/mol. The van der Waals surface area contributed by atoms with E-state index in [9.17, 15) is 9.67 Å². The Balaban J connectivity index is 4.98. The second-order valence-corrected chi connectivity index (χ2v) is 6.73. The van der Waals surface area contributed by atoms with E-state index in [1.165, 1.54) is 0 Å². The fourth-order valence-corrected chi connectivity index (χ4v) is 3.02. The summed E-state index contributed by atoms with van der Waals surface area (Å²) < 4.78 is 16.1. The molecule has 0 bridgehead atoms. The number of phosphoric ester groups is 1. The molecule has 0 aromatic carbocycles. The van der Waals surface area contributed by atoms with Crippen molar-refractivity contribution in [1.82, 2.24) is 0 Å². The van der Waals surface area contributed by atoms with Crippen LogP contribution in [-0.2, 0) is 9.09 Å². The molecule has 5 nitrogen and oxygen atoms in total. The zero-order chi connectivity index (χ0) is 15.6. The molecule has 0 fully saturated rings. The largest absolute Gasteiger partial charge is 0.469 e. The number of hydrogen-bond acceptors (Lipinski definition) is 3. The summed E-state index contributed by atoms with van der Waals surface area (Å²) >= 11 is 0. The molecule has 6 heteroatoms. The molecule has 0 saturated heterocycles. The van der Waals surface area contributed by atoms with Gasteiger partial charge in [-0.15, -0.1) is 0 Å². The minimum atomic E-state index is -4.58. The Bertz CT molecular complexity index is 281. The van der Waals surface area contributed by atoms with Crippen molar-refractivity contribution in [3.63, 3.8) is 0 Å². The first-order valence-corrected chi connectivity index (χ1v) is 9.28. The van der Waals surface area contributed by atoms with Crippen LogP contribution in [0.15, 0.2) is 0 Å². The van der Waals surface area contributed by atoms with Crippen molar-refractivity contribution < 1.29 is 24.0 Å². The topological polar surface area (TPSA) is 87.0 Å². The smallest absolute Gasteiger partial charge is 0.387 e. The van der Waals surface area contributed by atoms with Crippen LogP contribution in [0.25, 0.3) is 0 Å². The molecule has 1 atom stereocenters. The third kappa shape index (κ3) is 8.38. The summed E-state index contributed by atoms with van der Waals surface area (Å²) in [5, 5.41) is 10.9. The Hall–Kier alpha value is 0.0700. The average molecular weight is 310 g/mol. The van der Waals surface area contributed by atoms with Crippen molar-refractivity contribution in [2.45, 2.75) is 90.3 Å². The Kier molecular flexibility index (Phi) is 9.94. The molecule has 0 aliphatic rings. The lowest BCUT2D eigenvalue weighted by Gasteiger charge is -2.36. The predicted octanol–water partition coefficient (Wildman–Crippen LogP) is 3.77. The summed E-state index contributed by atoms with van der Waals surface area (Å²) in [6.07, 6.45) is 5.95. The van der Waals surface area contributed by atoms with Gasteiger partial charge in [-0.05, 0) is 19.3 Å². The maximum atomic E-state index is 11.2.